The molecular formula is C13H24N2O2. The third-order valence-corrected chi connectivity index (χ3v) is 3.83. The van der Waals surface area contributed by atoms with Crippen molar-refractivity contribution in [1.29, 1.82) is 0 Å². The molecule has 0 aromatic rings. The summed E-state index contributed by atoms with van der Waals surface area (Å²) in [5.41, 5.74) is 0. The van der Waals surface area contributed by atoms with Crippen LogP contribution in [0.1, 0.15) is 33.1 Å². The number of carbonyl (C=O) groups is 1. The van der Waals surface area contributed by atoms with Crippen LogP contribution in [-0.2, 0) is 9.53 Å². The van der Waals surface area contributed by atoms with Gasteiger partial charge in [-0.1, -0.05) is 6.92 Å². The standard InChI is InChI=1S/C13H24N2O2/c1-9-6-11(8-14-7-9)13(16)15-10(2)12-4-3-5-17-12/h9-12,14H,3-8H2,1-2H3,(H,15,16). The molecule has 4 nitrogen and oxygen atoms in total. The Morgan fingerprint density at radius 2 is 2.29 bits per heavy atom. The Labute approximate surface area is 103 Å². The van der Waals surface area contributed by atoms with Gasteiger partial charge in [-0.05, 0) is 38.6 Å². The summed E-state index contributed by atoms with van der Waals surface area (Å²) < 4.78 is 5.59. The summed E-state index contributed by atoms with van der Waals surface area (Å²) in [6.07, 6.45) is 3.40. The van der Waals surface area contributed by atoms with Crippen LogP contribution in [0.15, 0.2) is 0 Å². The van der Waals surface area contributed by atoms with E-state index in [4.69, 9.17) is 4.74 Å². The molecule has 2 aliphatic heterocycles. The van der Waals surface area contributed by atoms with E-state index >= 15 is 0 Å². The third-order valence-electron chi connectivity index (χ3n) is 3.83. The van der Waals surface area contributed by atoms with E-state index in [0.717, 1.165) is 39.0 Å². The molecule has 0 saturated carbocycles. The Morgan fingerprint density at radius 3 is 2.94 bits per heavy atom. The van der Waals surface area contributed by atoms with E-state index in [1.165, 1.54) is 0 Å². The van der Waals surface area contributed by atoms with Gasteiger partial charge in [-0.2, -0.15) is 0 Å². The largest absolute Gasteiger partial charge is 0.376 e. The molecule has 0 radical (unpaired) electrons. The number of rotatable bonds is 3. The van der Waals surface area contributed by atoms with Crippen molar-refractivity contribution in [3.05, 3.63) is 0 Å². The molecule has 4 atom stereocenters. The lowest BCUT2D eigenvalue weighted by Gasteiger charge is -2.29. The Kier molecular flexibility index (Phi) is 4.40. The van der Waals surface area contributed by atoms with E-state index in [2.05, 4.69) is 17.6 Å². The second kappa shape index (κ2) is 5.83. The average molecular weight is 240 g/mol. The van der Waals surface area contributed by atoms with Crippen LogP contribution in [0.4, 0.5) is 0 Å². The van der Waals surface area contributed by atoms with Crippen molar-refractivity contribution in [1.82, 2.24) is 10.6 Å². The lowest BCUT2D eigenvalue weighted by molar-refractivity contribution is -0.127. The van der Waals surface area contributed by atoms with Crippen molar-refractivity contribution in [3.8, 4) is 0 Å². The van der Waals surface area contributed by atoms with Gasteiger partial charge in [-0.3, -0.25) is 4.79 Å². The monoisotopic (exact) mass is 240 g/mol. The molecule has 4 unspecified atom stereocenters. The number of carbonyl (C=O) groups excluding carboxylic acids is 1. The zero-order valence-electron chi connectivity index (χ0n) is 10.9. The first-order valence-electron chi connectivity index (χ1n) is 6.79. The van der Waals surface area contributed by atoms with Crippen LogP contribution in [0.2, 0.25) is 0 Å². The first-order valence-corrected chi connectivity index (χ1v) is 6.79. The first kappa shape index (κ1) is 12.8. The third kappa shape index (κ3) is 3.42. The predicted molar refractivity (Wildman–Crippen MR) is 66.7 cm³/mol. The van der Waals surface area contributed by atoms with Gasteiger partial charge in [-0.25, -0.2) is 0 Å². The van der Waals surface area contributed by atoms with Gasteiger partial charge in [0.15, 0.2) is 0 Å². The van der Waals surface area contributed by atoms with Crippen LogP contribution in [0, 0.1) is 11.8 Å². The molecule has 2 heterocycles. The summed E-state index contributed by atoms with van der Waals surface area (Å²) in [5, 5.41) is 6.42. The minimum atomic E-state index is 0.127. The summed E-state index contributed by atoms with van der Waals surface area (Å²) in [4.78, 5) is 12.1. The molecule has 2 N–H and O–H groups in total. The normalized spacial score (nSPS) is 35.5. The molecule has 2 fully saturated rings. The van der Waals surface area contributed by atoms with E-state index in [-0.39, 0.29) is 24.0 Å². The molecule has 98 valence electrons. The molecular weight excluding hydrogens is 216 g/mol. The highest BCUT2D eigenvalue weighted by Gasteiger charge is 2.28. The van der Waals surface area contributed by atoms with Gasteiger partial charge in [0, 0.05) is 13.2 Å². The zero-order chi connectivity index (χ0) is 12.3. The fourth-order valence-electron chi connectivity index (χ4n) is 2.79. The number of hydrogen-bond donors (Lipinski definition) is 2. The van der Waals surface area contributed by atoms with E-state index in [1.807, 2.05) is 6.92 Å². The number of piperidine rings is 1. The van der Waals surface area contributed by atoms with Crippen molar-refractivity contribution in [2.24, 2.45) is 11.8 Å². The van der Waals surface area contributed by atoms with Gasteiger partial charge < -0.3 is 15.4 Å². The summed E-state index contributed by atoms with van der Waals surface area (Å²) in [6, 6.07) is 0.141. The maximum Gasteiger partial charge on any atom is 0.224 e. The molecule has 2 saturated heterocycles. The molecule has 0 spiro atoms. The van der Waals surface area contributed by atoms with Crippen LogP contribution in [-0.4, -0.2) is 37.7 Å². The molecule has 2 aliphatic rings. The molecule has 17 heavy (non-hydrogen) atoms. The maximum atomic E-state index is 12.1. The van der Waals surface area contributed by atoms with Crippen LogP contribution in [0.5, 0.6) is 0 Å². The average Bonchev–Trinajstić information content (AvgIpc) is 2.82. The van der Waals surface area contributed by atoms with Gasteiger partial charge >= 0.3 is 0 Å². The number of ether oxygens (including phenoxy) is 1. The quantitative estimate of drug-likeness (QED) is 0.771. The summed E-state index contributed by atoms with van der Waals surface area (Å²) >= 11 is 0. The molecule has 4 heteroatoms. The van der Waals surface area contributed by atoms with Gasteiger partial charge in [0.2, 0.25) is 5.91 Å². The molecule has 0 bridgehead atoms. The van der Waals surface area contributed by atoms with E-state index in [1.54, 1.807) is 0 Å². The van der Waals surface area contributed by atoms with Crippen molar-refractivity contribution >= 4 is 5.91 Å². The van der Waals surface area contributed by atoms with Gasteiger partial charge in [0.05, 0.1) is 18.1 Å². The fourth-order valence-corrected chi connectivity index (χ4v) is 2.79. The molecule has 0 aromatic carbocycles. The molecule has 0 aromatic heterocycles. The minimum absolute atomic E-state index is 0.127. The number of amides is 1. The summed E-state index contributed by atoms with van der Waals surface area (Å²) in [6.45, 7) is 6.93. The second-order valence-electron chi connectivity index (χ2n) is 5.54. The van der Waals surface area contributed by atoms with Crippen molar-refractivity contribution in [3.63, 3.8) is 0 Å². The highest BCUT2D eigenvalue weighted by Crippen LogP contribution is 2.18. The van der Waals surface area contributed by atoms with Crippen LogP contribution in [0.25, 0.3) is 0 Å². The summed E-state index contributed by atoms with van der Waals surface area (Å²) in [5.74, 6) is 0.909. The van der Waals surface area contributed by atoms with E-state index in [0.29, 0.717) is 5.92 Å². The smallest absolute Gasteiger partial charge is 0.224 e. The van der Waals surface area contributed by atoms with Crippen LogP contribution in [0.3, 0.4) is 0 Å². The van der Waals surface area contributed by atoms with Gasteiger partial charge in [-0.15, -0.1) is 0 Å². The van der Waals surface area contributed by atoms with E-state index < -0.39 is 0 Å². The molecule has 0 aliphatic carbocycles. The molecule has 2 rings (SSSR count). The Morgan fingerprint density at radius 1 is 1.47 bits per heavy atom. The van der Waals surface area contributed by atoms with Crippen LogP contribution < -0.4 is 10.6 Å². The Balaban J connectivity index is 1.79. The lowest BCUT2D eigenvalue weighted by Crippen LogP contribution is -2.48. The number of nitrogens with one attached hydrogen (secondary N) is 2. The highest BCUT2D eigenvalue weighted by molar-refractivity contribution is 5.79. The lowest BCUT2D eigenvalue weighted by atomic mass is 9.91. The topological polar surface area (TPSA) is 50.4 Å². The van der Waals surface area contributed by atoms with Crippen molar-refractivity contribution in [2.45, 2.75) is 45.3 Å². The van der Waals surface area contributed by atoms with Crippen LogP contribution >= 0.6 is 0 Å². The minimum Gasteiger partial charge on any atom is -0.376 e. The highest BCUT2D eigenvalue weighted by atomic mass is 16.5. The fraction of sp³-hybridized carbons (Fsp3) is 0.923. The summed E-state index contributed by atoms with van der Waals surface area (Å²) in [7, 11) is 0. The molecule has 1 amide bonds. The van der Waals surface area contributed by atoms with Crippen molar-refractivity contribution in [2.75, 3.05) is 19.7 Å². The van der Waals surface area contributed by atoms with Gasteiger partial charge in [0.1, 0.15) is 0 Å². The zero-order valence-corrected chi connectivity index (χ0v) is 10.9. The first-order chi connectivity index (χ1) is 8.16. The van der Waals surface area contributed by atoms with Crippen molar-refractivity contribution < 1.29 is 9.53 Å². The Bertz CT molecular complexity index is 264. The predicted octanol–water partition coefficient (Wildman–Crippen LogP) is 0.916. The number of hydrogen-bond acceptors (Lipinski definition) is 3. The maximum absolute atomic E-state index is 12.1. The SMILES string of the molecule is CC1CNCC(C(=O)NC(C)C2CCCO2)C1. The second-order valence-corrected chi connectivity index (χ2v) is 5.54. The van der Waals surface area contributed by atoms with E-state index in [9.17, 15) is 4.79 Å². The Hall–Kier alpha value is -0.610. The van der Waals surface area contributed by atoms with Gasteiger partial charge in [0.25, 0.3) is 0 Å².